The van der Waals surface area contributed by atoms with Crippen LogP contribution in [0, 0.1) is 10.1 Å². The maximum absolute atomic E-state index is 12.5. The predicted molar refractivity (Wildman–Crippen MR) is 306 cm³/mol. The Balaban J connectivity index is 0.000000461. The zero-order valence-electron chi connectivity index (χ0n) is 45.1. The maximum Gasteiger partial charge on any atom is 1.00 e. The van der Waals surface area contributed by atoms with Crippen molar-refractivity contribution in [3.63, 3.8) is 0 Å². The number of rotatable bonds is 22. The topological polar surface area (TPSA) is 453 Å². The van der Waals surface area contributed by atoms with Gasteiger partial charge in [-0.2, -0.15) is 36.8 Å². The number of nitrogens with one attached hydrogen (secondary N) is 3. The summed E-state index contributed by atoms with van der Waals surface area (Å²) in [5, 5.41) is 39.1. The van der Waals surface area contributed by atoms with Crippen molar-refractivity contribution in [1.29, 1.82) is 0 Å². The Morgan fingerprint density at radius 3 is 1.60 bits per heavy atom. The number of nitro benzene ring substituents is 1. The molecule has 0 spiro atoms. The second-order valence-corrected chi connectivity index (χ2v) is 22.7. The van der Waals surface area contributed by atoms with Crippen molar-refractivity contribution in [2.75, 3.05) is 36.1 Å². The summed E-state index contributed by atoms with van der Waals surface area (Å²) in [5.74, 6) is 1.02. The molecule has 6 aromatic carbocycles. The van der Waals surface area contributed by atoms with Crippen LogP contribution >= 0.6 is 11.6 Å². The molecule has 86 heavy (non-hydrogen) atoms. The molecule has 440 valence electrons. The molecule has 8 aromatic rings. The quantitative estimate of drug-likeness (QED) is 0.00866. The molecule has 27 nitrogen and oxygen atoms in total. The van der Waals surface area contributed by atoms with E-state index in [-0.39, 0.29) is 165 Å². The molecule has 0 aliphatic rings. The third-order valence-corrected chi connectivity index (χ3v) is 15.0. The van der Waals surface area contributed by atoms with Crippen LogP contribution in [-0.2, 0) is 62.3 Å². The third kappa shape index (κ3) is 20.8. The zero-order valence-corrected chi connectivity index (χ0v) is 53.1. The summed E-state index contributed by atoms with van der Waals surface area (Å²) in [7, 11) is -17.1. The molecule has 0 radical (unpaired) electrons. The standard InChI is InChI=1S/C38H35ClN9O7S2.C14H12N2O8S2.2Na.H2O/c39-36-44-34(46-38(48-36)42-29-9-5-2-6-10-29)21-24-11-13-26(31(19-24)56(51)52)15-16-27-14-12-25(20-32(27)57(53,54)55)22-33-43-35(30(23-50)40-17-18-49)47-37(45-33)41-28-7-3-1-4-8-28;15-11-5-3-9(13(7-11)25(19,20)21)1-2-10-4-6-12(16(17)18)8-14(10)26(22,23)24;;;/h1-16,19-20,30,40,49-50H,17-18,21-23H2,(H,53,54,55)(H,41,43,45,47)(H,42,44,46,48);1-8H,15H2,(H,19,20,21)(H,22,23,24);;;1H2/q-1;;2*+1;/p-2/b16-15+;2-1+;;;. The van der Waals surface area contributed by atoms with Crippen LogP contribution in [0.2, 0.25) is 5.28 Å². The minimum Gasteiger partial charge on any atom is -0.870 e. The summed E-state index contributed by atoms with van der Waals surface area (Å²) in [4.78, 5) is 34.1. The van der Waals surface area contributed by atoms with E-state index < -0.39 is 72.4 Å². The second kappa shape index (κ2) is 32.4. The minimum absolute atomic E-state index is 0. The van der Waals surface area contributed by atoms with Crippen LogP contribution in [0.5, 0.6) is 0 Å². The summed E-state index contributed by atoms with van der Waals surface area (Å²) in [6.45, 7) is -0.418. The number of halogens is 1. The number of nitrogens with two attached hydrogens (primary N) is 1. The van der Waals surface area contributed by atoms with E-state index in [1.54, 1.807) is 24.3 Å². The minimum atomic E-state index is -5.02. The summed E-state index contributed by atoms with van der Waals surface area (Å²) in [5.41, 5.74) is 7.44. The van der Waals surface area contributed by atoms with E-state index in [0.29, 0.717) is 22.9 Å². The van der Waals surface area contributed by atoms with Gasteiger partial charge in [-0.15, -0.1) is 0 Å². The van der Waals surface area contributed by atoms with Crippen LogP contribution in [0.3, 0.4) is 0 Å². The van der Waals surface area contributed by atoms with Crippen molar-refractivity contribution < 1.29 is 127 Å². The smallest absolute Gasteiger partial charge is 0.870 e. The van der Waals surface area contributed by atoms with Crippen LogP contribution in [0.4, 0.5) is 34.6 Å². The van der Waals surface area contributed by atoms with E-state index in [9.17, 15) is 67.7 Å². The summed E-state index contributed by atoms with van der Waals surface area (Å²) < 4.78 is 127. The van der Waals surface area contributed by atoms with Gasteiger partial charge in [0.1, 0.15) is 31.6 Å². The van der Waals surface area contributed by atoms with Crippen LogP contribution < -0.4 is 80.8 Å². The van der Waals surface area contributed by atoms with Gasteiger partial charge in [0.25, 0.3) is 25.9 Å². The summed E-state index contributed by atoms with van der Waals surface area (Å²) in [6, 6.07) is 32.8. The van der Waals surface area contributed by atoms with Crippen molar-refractivity contribution >= 4 is 112 Å². The average molecular weight is 1290 g/mol. The van der Waals surface area contributed by atoms with Crippen LogP contribution in [0.25, 0.3) is 24.3 Å². The zero-order chi connectivity index (χ0) is 60.1. The first-order valence-electron chi connectivity index (χ1n) is 23.9. The first-order chi connectivity index (χ1) is 39.4. The fourth-order valence-corrected chi connectivity index (χ4v) is 10.6. The SMILES string of the molecule is Nc1ccc(/C=C/c2ccc([N+](=O)[O-])cc2S(=O)(=O)O)c(S(=O)(=O)O)c1.O=[S-](=O)c1cc(Cc2nc(Cl)nc(Nc3ccccc3)n2)ccc1/C=C/c1ccc(Cc2nc(Nc3ccccc3)nc(C(CO)NCCO)n2)cc1S(=O)(=O)[O-].[Na+].[Na+].[OH-]. The Kier molecular flexibility index (Phi) is 27.1. The Labute approximate surface area is 543 Å². The molecule has 0 amide bonds. The number of aromatic nitrogens is 6. The molecule has 34 heteroatoms. The normalized spacial score (nSPS) is 11.8. The number of anilines is 5. The molecule has 2 heterocycles. The number of hydrogen-bond acceptors (Lipinski definition) is 25. The van der Waals surface area contributed by atoms with Crippen molar-refractivity contribution in [3.05, 3.63) is 200 Å². The predicted octanol–water partition coefficient (Wildman–Crippen LogP) is 0.409. The number of nitrogens with zero attached hydrogens (tertiary/aromatic N) is 7. The van der Waals surface area contributed by atoms with Gasteiger partial charge in [-0.1, -0.05) is 102 Å². The van der Waals surface area contributed by atoms with Crippen molar-refractivity contribution in [1.82, 2.24) is 35.2 Å². The maximum atomic E-state index is 12.5. The number of para-hydroxylation sites is 2. The largest absolute Gasteiger partial charge is 1.00 e. The summed E-state index contributed by atoms with van der Waals surface area (Å²) in [6.07, 6.45) is 5.10. The van der Waals surface area contributed by atoms with Crippen LogP contribution in [0.15, 0.2) is 153 Å². The van der Waals surface area contributed by atoms with Gasteiger partial charge in [0.2, 0.25) is 17.2 Å². The van der Waals surface area contributed by atoms with Gasteiger partial charge in [0.05, 0.1) is 29.1 Å². The van der Waals surface area contributed by atoms with Gasteiger partial charge < -0.3 is 50.3 Å². The number of benzene rings is 6. The molecule has 0 saturated heterocycles. The number of hydrogen-bond donors (Lipinski definition) is 8. The molecule has 0 saturated carbocycles. The van der Waals surface area contributed by atoms with E-state index in [2.05, 4.69) is 45.9 Å². The van der Waals surface area contributed by atoms with Crippen molar-refractivity contribution in [2.24, 2.45) is 0 Å². The Hall–Kier alpha value is -6.57. The number of nitrogen functional groups attached to an aromatic ring is 1. The molecular formula is C52H47ClN11Na2O16S4-. The van der Waals surface area contributed by atoms with E-state index >= 15 is 0 Å². The number of non-ortho nitro benzene ring substituents is 1. The molecule has 0 aliphatic carbocycles. The fraction of sp³-hybridized carbons (Fsp3) is 0.115. The van der Waals surface area contributed by atoms with Crippen LogP contribution in [0.1, 0.15) is 56.9 Å². The number of nitro groups is 1. The molecule has 0 aliphatic heterocycles. The Morgan fingerprint density at radius 1 is 0.616 bits per heavy atom. The average Bonchev–Trinajstić information content (AvgIpc) is 1.45. The Morgan fingerprint density at radius 2 is 1.09 bits per heavy atom. The van der Waals surface area contributed by atoms with Gasteiger partial charge in [0.15, 0.2) is 5.82 Å². The molecule has 1 unspecified atom stereocenters. The Bertz CT molecular complexity index is 4200. The van der Waals surface area contributed by atoms with Gasteiger partial charge in [-0.25, -0.2) is 18.4 Å². The summed E-state index contributed by atoms with van der Waals surface area (Å²) >= 11 is 6.15. The molecule has 2 aromatic heterocycles. The third-order valence-electron chi connectivity index (χ3n) is 11.4. The van der Waals surface area contributed by atoms with E-state index in [1.807, 2.05) is 48.5 Å². The first-order valence-corrected chi connectivity index (χ1v) is 29.7. The molecule has 1 atom stereocenters. The molecular weight excluding hydrogens is 1240 g/mol. The van der Waals surface area contributed by atoms with Crippen LogP contribution in [-0.4, -0.2) is 109 Å². The number of aliphatic hydroxyl groups excluding tert-OH is 2. The van der Waals surface area contributed by atoms with Crippen molar-refractivity contribution in [3.8, 4) is 0 Å². The molecule has 0 fully saturated rings. The van der Waals surface area contributed by atoms with Gasteiger partial charge in [-0.05, 0) is 104 Å². The van der Waals surface area contributed by atoms with Crippen molar-refractivity contribution in [2.45, 2.75) is 38.5 Å². The molecule has 10 N–H and O–H groups in total. The second-order valence-electron chi connectivity index (χ2n) is 17.4. The van der Waals surface area contributed by atoms with E-state index in [1.165, 1.54) is 48.6 Å². The monoisotopic (exact) mass is 1290 g/mol. The molecule has 0 bridgehead atoms. The fourth-order valence-electron chi connectivity index (χ4n) is 7.68. The van der Waals surface area contributed by atoms with E-state index in [4.69, 9.17) is 17.3 Å². The number of aliphatic hydroxyl groups is 2. The van der Waals surface area contributed by atoms with Gasteiger partial charge >= 0.3 is 59.1 Å². The van der Waals surface area contributed by atoms with Gasteiger partial charge in [-0.3, -0.25) is 19.2 Å². The molecule has 8 rings (SSSR count). The van der Waals surface area contributed by atoms with E-state index in [0.717, 1.165) is 36.0 Å². The first kappa shape index (κ1) is 71.9. The van der Waals surface area contributed by atoms with Gasteiger partial charge in [0, 0.05) is 48.6 Å².